The topological polar surface area (TPSA) is 146 Å². The number of aliphatic hydroxyl groups excluding tert-OH is 1. The van der Waals surface area contributed by atoms with Crippen molar-refractivity contribution in [1.82, 2.24) is 24.3 Å². The molecule has 0 amide bonds. The Labute approximate surface area is 203 Å². The second-order valence-corrected chi connectivity index (χ2v) is 11.3. The maximum absolute atomic E-state index is 13.3. The Balaban J connectivity index is 1.66. The number of alkyl halides is 2. The summed E-state index contributed by atoms with van der Waals surface area (Å²) in [4.78, 5) is 6.17. The van der Waals surface area contributed by atoms with E-state index in [1.165, 1.54) is 22.9 Å². The Morgan fingerprint density at radius 2 is 2.17 bits per heavy atom. The van der Waals surface area contributed by atoms with Crippen molar-refractivity contribution in [2.75, 3.05) is 24.6 Å². The Bertz CT molecular complexity index is 1410. The van der Waals surface area contributed by atoms with E-state index in [4.69, 9.17) is 4.74 Å². The van der Waals surface area contributed by atoms with Gasteiger partial charge in [0.2, 0.25) is 10.0 Å². The van der Waals surface area contributed by atoms with Crippen LogP contribution < -0.4 is 9.62 Å². The minimum absolute atomic E-state index is 0.126. The van der Waals surface area contributed by atoms with E-state index in [1.807, 2.05) is 17.9 Å². The fourth-order valence-electron chi connectivity index (χ4n) is 4.03. The molecule has 0 spiro atoms. The fraction of sp³-hybridized carbons (Fsp3) is 0.500. The summed E-state index contributed by atoms with van der Waals surface area (Å²) in [5.41, 5.74) is -0.00994. The Hall–Kier alpha value is -2.77. The van der Waals surface area contributed by atoms with Crippen LogP contribution in [-0.4, -0.2) is 70.5 Å². The molecule has 0 radical (unpaired) electrons. The monoisotopic (exact) mass is 525 g/mol. The SMILES string of the molecule is C[C@@H]1CN(c2cc(S(=O)(=O)NC3(C#N)CC3)cn3c(-c4nnc(C(F)F)s4)cnc23)C[C@@H](CO)O1. The number of halogens is 2. The molecule has 1 aliphatic carbocycles. The number of pyridine rings is 1. The van der Waals surface area contributed by atoms with Crippen molar-refractivity contribution in [3.63, 3.8) is 0 Å². The van der Waals surface area contributed by atoms with E-state index >= 15 is 0 Å². The Kier molecular flexibility index (Phi) is 5.96. The number of rotatable bonds is 7. The summed E-state index contributed by atoms with van der Waals surface area (Å²) in [6.07, 6.45) is 0.0398. The molecule has 2 N–H and O–H groups in total. The van der Waals surface area contributed by atoms with Gasteiger partial charge in [-0.2, -0.15) is 9.98 Å². The number of hydrogen-bond acceptors (Lipinski definition) is 10. The molecular weight excluding hydrogens is 504 g/mol. The standard InChI is InChI=1S/C20H21F2N7O4S2/c1-11-6-28(7-12(9-30)33-11)14-4-13(35(31,32)27-20(10-23)2-3-20)8-29-15(5-24-17(14)29)18-25-26-19(34-18)16(21)22/h4-5,8,11-12,16,27,30H,2-3,6-7,9H2,1H3/t11-,12+/m1/s1. The van der Waals surface area contributed by atoms with Crippen molar-refractivity contribution in [1.29, 1.82) is 5.26 Å². The maximum Gasteiger partial charge on any atom is 0.291 e. The molecule has 0 bridgehead atoms. The number of anilines is 1. The first-order valence-electron chi connectivity index (χ1n) is 10.7. The van der Waals surface area contributed by atoms with Gasteiger partial charge in [0.1, 0.15) is 16.1 Å². The molecule has 3 aromatic heterocycles. The number of nitriles is 1. The van der Waals surface area contributed by atoms with Gasteiger partial charge in [-0.15, -0.1) is 10.2 Å². The van der Waals surface area contributed by atoms with E-state index in [0.29, 0.717) is 47.8 Å². The van der Waals surface area contributed by atoms with Crippen LogP contribution in [0.4, 0.5) is 14.5 Å². The fourth-order valence-corrected chi connectivity index (χ4v) is 6.13. The molecule has 4 heterocycles. The zero-order chi connectivity index (χ0) is 25.0. The van der Waals surface area contributed by atoms with Gasteiger partial charge in [-0.25, -0.2) is 22.2 Å². The first-order valence-corrected chi connectivity index (χ1v) is 13.0. The quantitative estimate of drug-likeness (QED) is 0.471. The lowest BCUT2D eigenvalue weighted by atomic mass is 10.2. The molecule has 1 aliphatic heterocycles. The van der Waals surface area contributed by atoms with Crippen LogP contribution in [0.25, 0.3) is 16.3 Å². The van der Waals surface area contributed by atoms with Gasteiger partial charge >= 0.3 is 0 Å². The predicted octanol–water partition coefficient (Wildman–Crippen LogP) is 1.71. The average Bonchev–Trinajstić information content (AvgIpc) is 3.21. The number of morpholine rings is 1. The summed E-state index contributed by atoms with van der Waals surface area (Å²) >= 11 is 0.689. The highest BCUT2D eigenvalue weighted by atomic mass is 32.2. The number of aliphatic hydroxyl groups is 1. The van der Waals surface area contributed by atoms with E-state index in [2.05, 4.69) is 19.9 Å². The third-order valence-electron chi connectivity index (χ3n) is 5.88. The van der Waals surface area contributed by atoms with Crippen LogP contribution in [0.1, 0.15) is 31.2 Å². The zero-order valence-electron chi connectivity index (χ0n) is 18.4. The van der Waals surface area contributed by atoms with Crippen molar-refractivity contribution < 1.29 is 27.0 Å². The van der Waals surface area contributed by atoms with Crippen LogP contribution in [0.15, 0.2) is 23.4 Å². The minimum Gasteiger partial charge on any atom is -0.394 e. The molecule has 1 saturated heterocycles. The third kappa shape index (κ3) is 4.47. The van der Waals surface area contributed by atoms with Crippen molar-refractivity contribution >= 4 is 32.7 Å². The number of ether oxygens (including phenoxy) is 1. The van der Waals surface area contributed by atoms with E-state index in [9.17, 15) is 27.6 Å². The normalized spacial score (nSPS) is 22.0. The molecule has 35 heavy (non-hydrogen) atoms. The highest BCUT2D eigenvalue weighted by molar-refractivity contribution is 7.89. The van der Waals surface area contributed by atoms with Crippen molar-refractivity contribution in [3.05, 3.63) is 23.5 Å². The molecule has 2 atom stereocenters. The van der Waals surface area contributed by atoms with Gasteiger partial charge in [0.25, 0.3) is 6.43 Å². The average molecular weight is 526 g/mol. The number of sulfonamides is 1. The molecule has 15 heteroatoms. The van der Waals surface area contributed by atoms with Crippen LogP contribution in [0.5, 0.6) is 0 Å². The molecule has 2 fully saturated rings. The van der Waals surface area contributed by atoms with Crippen LogP contribution >= 0.6 is 11.3 Å². The van der Waals surface area contributed by atoms with E-state index in [-0.39, 0.29) is 29.2 Å². The maximum atomic E-state index is 13.3. The number of fused-ring (bicyclic) bond motifs is 1. The van der Waals surface area contributed by atoms with Gasteiger partial charge < -0.3 is 14.7 Å². The number of nitrogens with one attached hydrogen (secondary N) is 1. The summed E-state index contributed by atoms with van der Waals surface area (Å²) in [5.74, 6) is 0. The van der Waals surface area contributed by atoms with E-state index in [0.717, 1.165) is 0 Å². The van der Waals surface area contributed by atoms with Gasteiger partial charge in [-0.3, -0.25) is 4.40 Å². The lowest BCUT2D eigenvalue weighted by Gasteiger charge is -2.37. The number of imidazole rings is 1. The number of hydrogen-bond donors (Lipinski definition) is 2. The van der Waals surface area contributed by atoms with Crippen LogP contribution in [0.2, 0.25) is 0 Å². The highest BCUT2D eigenvalue weighted by Gasteiger charge is 2.47. The second kappa shape index (κ2) is 8.71. The van der Waals surface area contributed by atoms with Crippen molar-refractivity contribution in [2.24, 2.45) is 0 Å². The summed E-state index contributed by atoms with van der Waals surface area (Å²) < 4.78 is 62.4. The lowest BCUT2D eigenvalue weighted by molar-refractivity contribution is -0.0420. The largest absolute Gasteiger partial charge is 0.394 e. The second-order valence-electron chi connectivity index (χ2n) is 8.60. The minimum atomic E-state index is -4.12. The molecule has 2 aliphatic rings. The van der Waals surface area contributed by atoms with Crippen molar-refractivity contribution in [3.8, 4) is 16.8 Å². The summed E-state index contributed by atoms with van der Waals surface area (Å²) in [7, 11) is -4.12. The van der Waals surface area contributed by atoms with Gasteiger partial charge in [-0.05, 0) is 25.8 Å². The summed E-state index contributed by atoms with van der Waals surface area (Å²) in [5, 5.41) is 26.1. The van der Waals surface area contributed by atoms with E-state index in [1.54, 1.807) is 0 Å². The zero-order valence-corrected chi connectivity index (χ0v) is 20.1. The lowest BCUT2D eigenvalue weighted by Crippen LogP contribution is -2.48. The molecular formula is C20H21F2N7O4S2. The Morgan fingerprint density at radius 1 is 1.40 bits per heavy atom. The van der Waals surface area contributed by atoms with Crippen LogP contribution in [0.3, 0.4) is 0 Å². The van der Waals surface area contributed by atoms with Crippen molar-refractivity contribution in [2.45, 2.75) is 48.8 Å². The summed E-state index contributed by atoms with van der Waals surface area (Å²) in [6.45, 7) is 2.30. The van der Waals surface area contributed by atoms with Crippen LogP contribution in [-0.2, 0) is 14.8 Å². The van der Waals surface area contributed by atoms with Gasteiger partial charge in [0.05, 0.1) is 36.8 Å². The smallest absolute Gasteiger partial charge is 0.291 e. The Morgan fingerprint density at radius 3 is 2.80 bits per heavy atom. The molecule has 11 nitrogen and oxygen atoms in total. The number of nitrogens with zero attached hydrogens (tertiary/aromatic N) is 6. The molecule has 1 saturated carbocycles. The van der Waals surface area contributed by atoms with Gasteiger partial charge in [0, 0.05) is 19.3 Å². The van der Waals surface area contributed by atoms with Gasteiger partial charge in [0.15, 0.2) is 15.7 Å². The third-order valence-corrected chi connectivity index (χ3v) is 8.34. The molecule has 0 aromatic carbocycles. The summed E-state index contributed by atoms with van der Waals surface area (Å²) in [6, 6.07) is 3.46. The van der Waals surface area contributed by atoms with Crippen LogP contribution in [0, 0.1) is 11.3 Å². The molecule has 5 rings (SSSR count). The number of aromatic nitrogens is 4. The predicted molar refractivity (Wildman–Crippen MR) is 121 cm³/mol. The van der Waals surface area contributed by atoms with Gasteiger partial charge in [-0.1, -0.05) is 11.3 Å². The molecule has 3 aromatic rings. The first-order chi connectivity index (χ1) is 16.6. The highest BCUT2D eigenvalue weighted by Crippen LogP contribution is 2.38. The first kappa shape index (κ1) is 23.9. The molecule has 186 valence electrons. The molecule has 0 unspecified atom stereocenters. The van der Waals surface area contributed by atoms with E-state index < -0.39 is 33.1 Å².